The molecule has 0 radical (unpaired) electrons. The van der Waals surface area contributed by atoms with Crippen molar-refractivity contribution in [3.8, 4) is 10.7 Å². The molecule has 2 aromatic rings. The van der Waals surface area contributed by atoms with Crippen molar-refractivity contribution in [3.63, 3.8) is 0 Å². The van der Waals surface area contributed by atoms with Crippen LogP contribution >= 0.6 is 0 Å². The molecule has 0 aliphatic heterocycles. The van der Waals surface area contributed by atoms with Gasteiger partial charge in [0.25, 0.3) is 0 Å². The maximum atomic E-state index is 12.1. The third kappa shape index (κ3) is 4.58. The summed E-state index contributed by atoms with van der Waals surface area (Å²) in [5, 5.41) is 0. The number of nitrogens with zero attached hydrogens (tertiary/aromatic N) is 1. The molecule has 0 spiro atoms. The maximum absolute atomic E-state index is 12.1. The Morgan fingerprint density at radius 2 is 1.83 bits per heavy atom. The van der Waals surface area contributed by atoms with Gasteiger partial charge in [-0.2, -0.15) is 0 Å². The first kappa shape index (κ1) is 21.6. The second kappa shape index (κ2) is 8.34. The Bertz CT molecular complexity index is 996. The Labute approximate surface area is 180 Å². The molecule has 1 heterocycles. The summed E-state index contributed by atoms with van der Waals surface area (Å²) in [6.07, 6.45) is 4.08. The average molecular weight is 454 g/mol. The van der Waals surface area contributed by atoms with Crippen LogP contribution in [0.25, 0.3) is 0 Å². The molecule has 0 N–H and O–H groups in total. The van der Waals surface area contributed by atoms with Crippen molar-refractivity contribution in [2.45, 2.75) is 65.2 Å². The van der Waals surface area contributed by atoms with Crippen LogP contribution in [-0.4, -0.2) is 32.5 Å². The zero-order valence-electron chi connectivity index (χ0n) is 18.2. The van der Waals surface area contributed by atoms with Gasteiger partial charge in [0.15, 0.2) is 0 Å². The van der Waals surface area contributed by atoms with E-state index in [4.69, 9.17) is 4.74 Å². The minimum absolute atomic E-state index is 0.0137. The van der Waals surface area contributed by atoms with E-state index in [1.54, 1.807) is 25.3 Å². The zero-order chi connectivity index (χ0) is 21.2. The summed E-state index contributed by atoms with van der Waals surface area (Å²) in [7, 11) is 0. The minimum atomic E-state index is -0.369. The van der Waals surface area contributed by atoms with Crippen LogP contribution in [0.1, 0.15) is 80.2 Å². The van der Waals surface area contributed by atoms with Crippen LogP contribution in [0.15, 0.2) is 30.5 Å². The van der Waals surface area contributed by atoms with E-state index in [2.05, 4.69) is 62.5 Å². The Kier molecular flexibility index (Phi) is 6.22. The molecule has 1 aromatic carbocycles. The van der Waals surface area contributed by atoms with Crippen molar-refractivity contribution in [2.24, 2.45) is 0 Å². The van der Waals surface area contributed by atoms with E-state index in [1.165, 1.54) is 34.0 Å². The Hall–Kier alpha value is -2.08. The average Bonchev–Trinajstić information content (AvgIpc) is 2.67. The van der Waals surface area contributed by atoms with E-state index in [0.717, 1.165) is 0 Å². The van der Waals surface area contributed by atoms with E-state index in [0.29, 0.717) is 17.9 Å². The van der Waals surface area contributed by atoms with Gasteiger partial charge in [0, 0.05) is 0 Å². The molecule has 4 heteroatoms. The first-order valence-corrected chi connectivity index (χ1v) is 11.8. The second-order valence-electron chi connectivity index (χ2n) is 8.88. The molecule has 1 aliphatic carbocycles. The third-order valence-corrected chi connectivity index (χ3v) is 7.59. The van der Waals surface area contributed by atoms with Gasteiger partial charge in [-0.05, 0) is 0 Å². The molecule has 0 bridgehead atoms. The normalized spacial score (nSPS) is 16.3. The predicted molar refractivity (Wildman–Crippen MR) is 119 cm³/mol. The topological polar surface area (TPSA) is 39.2 Å². The van der Waals surface area contributed by atoms with E-state index in [9.17, 15) is 4.79 Å². The number of fused-ring (bicyclic) bond motifs is 1. The van der Waals surface area contributed by atoms with Gasteiger partial charge in [-0.1, -0.05) is 0 Å². The van der Waals surface area contributed by atoms with Crippen LogP contribution in [0.3, 0.4) is 0 Å². The summed E-state index contributed by atoms with van der Waals surface area (Å²) in [6.45, 7) is 13.7. The number of pyridine rings is 1. The molecule has 152 valence electrons. The van der Waals surface area contributed by atoms with E-state index < -0.39 is 0 Å². The van der Waals surface area contributed by atoms with Crippen LogP contribution in [-0.2, 0) is 15.6 Å². The first-order valence-electron chi connectivity index (χ1n) is 10.1. The fourth-order valence-electron chi connectivity index (χ4n) is 3.82. The quantitative estimate of drug-likeness (QED) is 0.395. The fourth-order valence-corrected chi connectivity index (χ4v) is 5.19. The number of rotatable bonds is 3. The molecule has 0 amide bonds. The molecule has 0 saturated heterocycles. The van der Waals surface area contributed by atoms with E-state index in [1.807, 2.05) is 0 Å². The summed E-state index contributed by atoms with van der Waals surface area (Å²) in [5.41, 5.74) is 5.57. The van der Waals surface area contributed by atoms with E-state index in [-0.39, 0.29) is 31.8 Å². The monoisotopic (exact) mass is 455 g/mol. The van der Waals surface area contributed by atoms with Gasteiger partial charge in [0.05, 0.1) is 0 Å². The molecule has 0 fully saturated rings. The van der Waals surface area contributed by atoms with Gasteiger partial charge in [-0.15, -0.1) is 0 Å². The van der Waals surface area contributed by atoms with Gasteiger partial charge in [0.1, 0.15) is 0 Å². The Balaban J connectivity index is 1.92. The second-order valence-corrected chi connectivity index (χ2v) is 10.7. The molecule has 0 saturated carbocycles. The molecule has 3 rings (SSSR count). The first-order chi connectivity index (χ1) is 13.7. The molecule has 0 unspecified atom stereocenters. The number of esters is 1. The van der Waals surface area contributed by atoms with Crippen LogP contribution < -0.4 is 4.46 Å². The van der Waals surface area contributed by atoms with Gasteiger partial charge in [-0.25, -0.2) is 0 Å². The predicted octanol–water partition coefficient (Wildman–Crippen LogP) is 4.25. The summed E-state index contributed by atoms with van der Waals surface area (Å²) < 4.78 is 6.42. The van der Waals surface area contributed by atoms with Crippen LogP contribution in [0.2, 0.25) is 0 Å². The van der Waals surface area contributed by atoms with Crippen molar-refractivity contribution < 1.29 is 9.53 Å². The standard InChI is InChI=1S/C25H29NO2Se/c1-7-28-23(27)18-9-8-13-26-21(18)10-14-29-22-16-20-19(15-17(22)2)24(3,4)11-12-25(20,5)6/h8-9,13,15-16H,7,11-12H2,1-6H3. The number of hydrogen-bond acceptors (Lipinski definition) is 3. The van der Waals surface area contributed by atoms with Gasteiger partial charge < -0.3 is 0 Å². The third-order valence-electron chi connectivity index (χ3n) is 5.78. The Morgan fingerprint density at radius 3 is 2.48 bits per heavy atom. The molecule has 29 heavy (non-hydrogen) atoms. The summed E-state index contributed by atoms with van der Waals surface area (Å²) in [5.74, 6) is 2.74. The number of benzene rings is 1. The number of carbonyl (C=O) groups is 1. The summed E-state index contributed by atoms with van der Waals surface area (Å²) in [6, 6.07) is 8.21. The van der Waals surface area contributed by atoms with Crippen molar-refractivity contribution in [1.82, 2.24) is 4.98 Å². The SMILES string of the molecule is CCOC(=O)c1cccnc1C#C[Se]c1cc2c(cc1C)C(C)(C)CCC2(C)C. The number of aryl methyl sites for hydroxylation is 1. The van der Waals surface area contributed by atoms with E-state index >= 15 is 0 Å². The summed E-state index contributed by atoms with van der Waals surface area (Å²) in [4.78, 5) is 19.7. The van der Waals surface area contributed by atoms with Crippen molar-refractivity contribution in [3.05, 3.63) is 58.4 Å². The number of aromatic nitrogens is 1. The number of carbonyl (C=O) groups excluding carboxylic acids is 1. The molecular formula is C25H29NO2Se. The zero-order valence-corrected chi connectivity index (χ0v) is 19.9. The number of hydrogen-bond donors (Lipinski definition) is 0. The Morgan fingerprint density at radius 1 is 1.17 bits per heavy atom. The van der Waals surface area contributed by atoms with Gasteiger partial charge >= 0.3 is 181 Å². The fraction of sp³-hybridized carbons (Fsp3) is 0.440. The van der Waals surface area contributed by atoms with Crippen molar-refractivity contribution >= 4 is 25.4 Å². The van der Waals surface area contributed by atoms with Crippen LogP contribution in [0.4, 0.5) is 0 Å². The van der Waals surface area contributed by atoms with Gasteiger partial charge in [-0.3, -0.25) is 0 Å². The van der Waals surface area contributed by atoms with Crippen molar-refractivity contribution in [1.29, 1.82) is 0 Å². The molecular weight excluding hydrogens is 425 g/mol. The van der Waals surface area contributed by atoms with Gasteiger partial charge in [0.2, 0.25) is 0 Å². The summed E-state index contributed by atoms with van der Waals surface area (Å²) >= 11 is -0.0137. The van der Waals surface area contributed by atoms with Crippen LogP contribution in [0.5, 0.6) is 0 Å². The van der Waals surface area contributed by atoms with Crippen molar-refractivity contribution in [2.75, 3.05) is 6.61 Å². The molecule has 3 nitrogen and oxygen atoms in total. The molecule has 1 aliphatic rings. The van der Waals surface area contributed by atoms with Crippen LogP contribution in [0, 0.1) is 17.7 Å². The number of ether oxygens (including phenoxy) is 1. The molecule has 0 atom stereocenters. The molecule has 1 aromatic heterocycles.